The van der Waals surface area contributed by atoms with Gasteiger partial charge in [0.15, 0.2) is 0 Å². The summed E-state index contributed by atoms with van der Waals surface area (Å²) in [5.41, 5.74) is 0. The Bertz CT molecular complexity index is 496. The van der Waals surface area contributed by atoms with E-state index in [0.717, 1.165) is 26.2 Å². The molecule has 0 aliphatic heterocycles. The maximum Gasteiger partial charge on any atom is 2.00 e. The molecule has 0 bridgehead atoms. The number of rotatable bonds is 12. The summed E-state index contributed by atoms with van der Waals surface area (Å²) in [5, 5.41) is 0. The smallest absolute Gasteiger partial charge is 2.00 e. The van der Waals surface area contributed by atoms with Crippen LogP contribution in [-0.4, -0.2) is 102 Å². The summed E-state index contributed by atoms with van der Waals surface area (Å²) in [6.07, 6.45) is 38.7. The van der Waals surface area contributed by atoms with Crippen molar-refractivity contribution in [3.05, 3.63) is 126 Å². The fraction of sp³-hybridized carbons (Fsp3) is 0.444. The van der Waals surface area contributed by atoms with E-state index in [4.69, 9.17) is 38.1 Å². The predicted octanol–water partition coefficient (Wildman–Crippen LogP) is 8.12. The Morgan fingerprint density at radius 3 is 0.583 bits per heavy atom. The van der Waals surface area contributed by atoms with Crippen LogP contribution in [0.1, 0.15) is 25.7 Å². The quantitative estimate of drug-likeness (QED) is 0.184. The van der Waals surface area contributed by atoms with Crippen molar-refractivity contribution in [3.63, 3.8) is 0 Å². The molecule has 0 saturated heterocycles. The van der Waals surface area contributed by atoms with Gasteiger partial charge >= 0.3 is 104 Å². The zero-order chi connectivity index (χ0) is 35.0. The van der Waals surface area contributed by atoms with Crippen molar-refractivity contribution in [1.82, 2.24) is 19.6 Å². The number of halogens is 4. The molecule has 280 valence electrons. The van der Waals surface area contributed by atoms with Crippen molar-refractivity contribution >= 4 is 38.1 Å². The van der Waals surface area contributed by atoms with E-state index in [1.807, 2.05) is 0 Å². The SMILES string of the molecule is CN(C)CC[C]1[CH][CH][CH][CH]1.CN(C)CC[C]1[CH][CH][CH][CH]1.CN(C)CC[C]1[CH][CH][CH][CH]1.CN(C)CC[C]1[CH][CH][CH][CH]1.[Cl][Pd][Cl].[Cl][Pd][Cl].[Fe+2].[Fe+2]. The normalized spacial score (nSPS) is 18.2. The Morgan fingerprint density at radius 1 is 0.354 bits per heavy atom. The molecule has 0 spiro atoms. The van der Waals surface area contributed by atoms with Crippen LogP contribution in [-0.2, 0) is 66.0 Å². The van der Waals surface area contributed by atoms with Crippen LogP contribution in [0.2, 0.25) is 0 Å². The molecule has 48 heavy (non-hydrogen) atoms. The van der Waals surface area contributed by atoms with Crippen LogP contribution in [0.25, 0.3) is 0 Å². The van der Waals surface area contributed by atoms with Crippen molar-refractivity contribution < 1.29 is 66.0 Å². The summed E-state index contributed by atoms with van der Waals surface area (Å²) >= 11 is -0.211. The fourth-order valence-electron chi connectivity index (χ4n) is 3.73. The first kappa shape index (κ1) is 58.1. The molecular weight excluding hydrogens is 955 g/mol. The van der Waals surface area contributed by atoms with Gasteiger partial charge in [-0.25, -0.2) is 0 Å². The van der Waals surface area contributed by atoms with E-state index in [-0.39, 0.29) is 66.0 Å². The monoisotopic (exact) mass is 1010 g/mol. The van der Waals surface area contributed by atoms with E-state index in [1.54, 1.807) is 0 Å². The van der Waals surface area contributed by atoms with Crippen LogP contribution in [0.15, 0.2) is 0 Å². The molecular formula is C36H56Cl4Fe2N4Pd2+4. The molecule has 4 nitrogen and oxygen atoms in total. The Morgan fingerprint density at radius 2 is 0.479 bits per heavy atom. The summed E-state index contributed by atoms with van der Waals surface area (Å²) in [6.45, 7) is 4.57. The maximum absolute atomic E-state index is 4.81. The van der Waals surface area contributed by atoms with Gasteiger partial charge < -0.3 is 19.6 Å². The largest absolute Gasteiger partial charge is 2.00 e. The van der Waals surface area contributed by atoms with Crippen molar-refractivity contribution in [3.8, 4) is 0 Å². The molecule has 4 saturated carbocycles. The molecule has 0 atom stereocenters. The standard InChI is InChI=1S/4C9H14N.4ClH.2Fe.2Pd/c4*1-10(2)8-7-9-5-3-4-6-9;;;;;;;;/h4*3-6H,7-8H2,1-2H3;4*1H;;;;/q;;;;;;;;4*+2/p-4. The first-order chi connectivity index (χ1) is 22.0. The molecule has 0 heterocycles. The Kier molecular flexibility index (Phi) is 52.1. The van der Waals surface area contributed by atoms with Crippen LogP contribution in [0.5, 0.6) is 0 Å². The van der Waals surface area contributed by atoms with E-state index in [0.29, 0.717) is 0 Å². The maximum atomic E-state index is 4.81. The van der Waals surface area contributed by atoms with Gasteiger partial charge in [-0.05, 0) is 235 Å². The summed E-state index contributed by atoms with van der Waals surface area (Å²) in [4.78, 5) is 8.81. The fourth-order valence-corrected chi connectivity index (χ4v) is 3.73. The minimum atomic E-state index is -0.106. The minimum Gasteiger partial charge on any atom is 2.00 e. The third-order valence-electron chi connectivity index (χ3n) is 6.32. The zero-order valence-electron chi connectivity index (χ0n) is 29.5. The van der Waals surface area contributed by atoms with E-state index >= 15 is 0 Å². The molecule has 0 amide bonds. The van der Waals surface area contributed by atoms with Gasteiger partial charge in [0, 0.05) is 0 Å². The molecule has 4 rings (SSSR count). The molecule has 12 heteroatoms. The van der Waals surface area contributed by atoms with Crippen molar-refractivity contribution in [2.24, 2.45) is 0 Å². The average molecular weight is 1010 g/mol. The Hall–Kier alpha value is 3.36. The molecule has 0 aromatic rings. The van der Waals surface area contributed by atoms with E-state index in [9.17, 15) is 0 Å². The predicted molar refractivity (Wildman–Crippen MR) is 198 cm³/mol. The minimum absolute atomic E-state index is 0. The van der Waals surface area contributed by atoms with E-state index < -0.39 is 0 Å². The number of hydrogen-bond acceptors (Lipinski definition) is 4. The van der Waals surface area contributed by atoms with Crippen molar-refractivity contribution in [2.45, 2.75) is 25.7 Å². The molecule has 4 aliphatic carbocycles. The first-order valence-electron chi connectivity index (χ1n) is 15.0. The molecule has 0 aromatic heterocycles. The average Bonchev–Trinajstić information content (AvgIpc) is 3.84. The van der Waals surface area contributed by atoms with Gasteiger partial charge in [0.2, 0.25) is 0 Å². The van der Waals surface area contributed by atoms with Crippen molar-refractivity contribution in [2.75, 3.05) is 82.6 Å². The van der Waals surface area contributed by atoms with Gasteiger partial charge in [0.25, 0.3) is 0 Å². The van der Waals surface area contributed by atoms with Gasteiger partial charge in [0.1, 0.15) is 0 Å². The summed E-state index contributed by atoms with van der Waals surface area (Å²) in [7, 11) is 36.1. The molecule has 0 N–H and O–H groups in total. The second-order valence-electron chi connectivity index (χ2n) is 11.5. The van der Waals surface area contributed by atoms with Crippen LogP contribution in [0, 0.1) is 126 Å². The van der Waals surface area contributed by atoms with Gasteiger partial charge in [0.05, 0.1) is 0 Å². The molecule has 0 unspecified atom stereocenters. The van der Waals surface area contributed by atoms with E-state index in [2.05, 4.69) is 179 Å². The zero-order valence-corrected chi connectivity index (χ0v) is 37.9. The van der Waals surface area contributed by atoms with Crippen LogP contribution in [0.3, 0.4) is 0 Å². The Balaban J connectivity index is -0.000000251. The van der Waals surface area contributed by atoms with Gasteiger partial charge in [-0.1, -0.05) is 0 Å². The van der Waals surface area contributed by atoms with Crippen LogP contribution < -0.4 is 0 Å². The third-order valence-corrected chi connectivity index (χ3v) is 6.32. The second-order valence-corrected chi connectivity index (χ2v) is 16.2. The summed E-state index contributed by atoms with van der Waals surface area (Å²) in [5.74, 6) is 5.75. The molecule has 4 fully saturated rings. The first-order valence-corrected chi connectivity index (χ1v) is 23.1. The third kappa shape index (κ3) is 43.8. The number of nitrogens with zero attached hydrogens (tertiary/aromatic N) is 4. The van der Waals surface area contributed by atoms with Gasteiger partial charge in [-0.2, -0.15) is 0 Å². The van der Waals surface area contributed by atoms with Crippen LogP contribution >= 0.6 is 38.1 Å². The molecule has 0 aromatic carbocycles. The molecule has 4 aliphatic rings. The number of hydrogen-bond donors (Lipinski definition) is 0. The van der Waals surface area contributed by atoms with Crippen LogP contribution in [0.4, 0.5) is 0 Å². The molecule has 20 radical (unpaired) electrons. The van der Waals surface area contributed by atoms with Gasteiger partial charge in [-0.15, -0.1) is 0 Å². The summed E-state index contributed by atoms with van der Waals surface area (Å²) in [6, 6.07) is 0. The Labute approximate surface area is 354 Å². The van der Waals surface area contributed by atoms with E-state index in [1.165, 1.54) is 49.4 Å². The summed E-state index contributed by atoms with van der Waals surface area (Å²) < 4.78 is 0. The van der Waals surface area contributed by atoms with Crippen molar-refractivity contribution in [1.29, 1.82) is 0 Å². The topological polar surface area (TPSA) is 13.0 Å². The second kappa shape index (κ2) is 43.1. The van der Waals surface area contributed by atoms with Gasteiger partial charge in [-0.3, -0.25) is 0 Å².